The summed E-state index contributed by atoms with van der Waals surface area (Å²) in [6.07, 6.45) is -4.58. The number of alkyl halides is 3. The molecule has 2 aromatic rings. The molecule has 2 aromatic carbocycles. The number of ether oxygens (including phenoxy) is 1. The first-order valence-corrected chi connectivity index (χ1v) is 7.96. The molecule has 0 heterocycles. The summed E-state index contributed by atoms with van der Waals surface area (Å²) in [6, 6.07) is 8.17. The standard InChI is InChI=1S/C17H16F4NO3P/c1-16(24,9-25-12-5-2-10(18)3-6-12)15(23)22-11-4-7-14(26)13(8-11)17(19,20)21/h2-8,24H,9,26H2,1H3,(H,22,23)/t16-/m0/s1. The topological polar surface area (TPSA) is 58.6 Å². The van der Waals surface area contributed by atoms with E-state index in [0.29, 0.717) is 0 Å². The maximum Gasteiger partial charge on any atom is 0.417 e. The minimum absolute atomic E-state index is 0.0677. The second-order valence-corrected chi connectivity index (χ2v) is 6.39. The van der Waals surface area contributed by atoms with Gasteiger partial charge in [0.15, 0.2) is 5.60 Å². The largest absolute Gasteiger partial charge is 0.490 e. The third kappa shape index (κ3) is 5.16. The number of carbonyl (C=O) groups is 1. The number of halogens is 4. The molecule has 2 atom stereocenters. The molecule has 1 unspecified atom stereocenters. The molecular formula is C17H16F4NO3P. The first kappa shape index (κ1) is 20.1. The summed E-state index contributed by atoms with van der Waals surface area (Å²) in [5, 5.41) is 12.4. The van der Waals surface area contributed by atoms with Crippen LogP contribution in [0.25, 0.3) is 0 Å². The predicted octanol–water partition coefficient (Wildman–Crippen LogP) is 3.11. The Kier molecular flexibility index (Phi) is 5.88. The van der Waals surface area contributed by atoms with Crippen LogP contribution in [-0.4, -0.2) is 23.2 Å². The van der Waals surface area contributed by atoms with Crippen molar-refractivity contribution in [3.05, 3.63) is 53.8 Å². The predicted molar refractivity (Wildman–Crippen MR) is 91.9 cm³/mol. The molecule has 4 nitrogen and oxygen atoms in total. The van der Waals surface area contributed by atoms with Gasteiger partial charge < -0.3 is 15.2 Å². The van der Waals surface area contributed by atoms with Gasteiger partial charge in [-0.1, -0.05) is 6.07 Å². The van der Waals surface area contributed by atoms with Crippen molar-refractivity contribution in [2.24, 2.45) is 0 Å². The van der Waals surface area contributed by atoms with Crippen LogP contribution in [0.15, 0.2) is 42.5 Å². The van der Waals surface area contributed by atoms with Gasteiger partial charge in [0.05, 0.1) is 5.56 Å². The van der Waals surface area contributed by atoms with E-state index in [1.807, 2.05) is 9.24 Å². The monoisotopic (exact) mass is 389 g/mol. The first-order valence-electron chi connectivity index (χ1n) is 7.38. The van der Waals surface area contributed by atoms with Gasteiger partial charge in [-0.15, -0.1) is 9.24 Å². The highest BCUT2D eigenvalue weighted by Gasteiger charge is 2.34. The number of carbonyl (C=O) groups excluding carboxylic acids is 1. The van der Waals surface area contributed by atoms with Crippen LogP contribution in [-0.2, 0) is 11.0 Å². The van der Waals surface area contributed by atoms with Crippen molar-refractivity contribution in [3.63, 3.8) is 0 Å². The van der Waals surface area contributed by atoms with Crippen LogP contribution < -0.4 is 15.4 Å². The Morgan fingerprint density at radius 1 is 1.19 bits per heavy atom. The quantitative estimate of drug-likeness (QED) is 0.610. The lowest BCUT2D eigenvalue weighted by atomic mass is 10.1. The van der Waals surface area contributed by atoms with Gasteiger partial charge in [0.25, 0.3) is 5.91 Å². The van der Waals surface area contributed by atoms with Crippen molar-refractivity contribution in [2.45, 2.75) is 18.7 Å². The Labute approximate surface area is 149 Å². The van der Waals surface area contributed by atoms with E-state index in [1.54, 1.807) is 0 Å². The lowest BCUT2D eigenvalue weighted by molar-refractivity contribution is -0.137. The summed E-state index contributed by atoms with van der Waals surface area (Å²) >= 11 is 0. The summed E-state index contributed by atoms with van der Waals surface area (Å²) in [6.45, 7) is 0.679. The zero-order valence-electron chi connectivity index (χ0n) is 13.6. The van der Waals surface area contributed by atoms with E-state index >= 15 is 0 Å². The molecule has 0 aliphatic rings. The van der Waals surface area contributed by atoms with Crippen molar-refractivity contribution < 1.29 is 32.2 Å². The molecule has 0 spiro atoms. The molecule has 9 heteroatoms. The Morgan fingerprint density at radius 2 is 1.81 bits per heavy atom. The summed E-state index contributed by atoms with van der Waals surface area (Å²) in [7, 11) is 1.97. The van der Waals surface area contributed by atoms with E-state index in [2.05, 4.69) is 5.32 Å². The molecule has 0 bridgehead atoms. The molecule has 0 aromatic heterocycles. The van der Waals surface area contributed by atoms with Gasteiger partial charge in [0.2, 0.25) is 0 Å². The number of hydrogen-bond acceptors (Lipinski definition) is 3. The average molecular weight is 389 g/mol. The smallest absolute Gasteiger partial charge is 0.417 e. The number of anilines is 1. The molecular weight excluding hydrogens is 373 g/mol. The van der Waals surface area contributed by atoms with Crippen LogP contribution in [0.1, 0.15) is 12.5 Å². The Bertz CT molecular complexity index is 792. The summed E-state index contributed by atoms with van der Waals surface area (Å²) in [4.78, 5) is 12.2. The van der Waals surface area contributed by atoms with Crippen LogP contribution in [0, 0.1) is 5.82 Å². The fourth-order valence-electron chi connectivity index (χ4n) is 1.97. The summed E-state index contributed by atoms with van der Waals surface area (Å²) in [5.41, 5.74) is -3.05. The molecule has 0 saturated heterocycles. The van der Waals surface area contributed by atoms with E-state index in [9.17, 15) is 27.5 Å². The van der Waals surface area contributed by atoms with Gasteiger partial charge in [-0.2, -0.15) is 13.2 Å². The van der Waals surface area contributed by atoms with Crippen molar-refractivity contribution in [1.82, 2.24) is 0 Å². The zero-order chi connectivity index (χ0) is 19.5. The molecule has 2 rings (SSSR count). The lowest BCUT2D eigenvalue weighted by Gasteiger charge is -2.23. The zero-order valence-corrected chi connectivity index (χ0v) is 14.8. The van der Waals surface area contributed by atoms with Crippen molar-refractivity contribution in [3.8, 4) is 5.75 Å². The van der Waals surface area contributed by atoms with Gasteiger partial charge in [-0.25, -0.2) is 4.39 Å². The molecule has 26 heavy (non-hydrogen) atoms. The van der Waals surface area contributed by atoms with Gasteiger partial charge in [0.1, 0.15) is 18.2 Å². The number of nitrogens with one attached hydrogen (secondary N) is 1. The van der Waals surface area contributed by atoms with Crippen LogP contribution in [0.2, 0.25) is 0 Å². The summed E-state index contributed by atoms with van der Waals surface area (Å²) < 4.78 is 56.8. The Morgan fingerprint density at radius 3 is 2.38 bits per heavy atom. The number of rotatable bonds is 5. The van der Waals surface area contributed by atoms with E-state index in [1.165, 1.54) is 24.3 Å². The van der Waals surface area contributed by atoms with Crippen LogP contribution >= 0.6 is 9.24 Å². The Balaban J connectivity index is 2.06. The first-order chi connectivity index (χ1) is 12.0. The van der Waals surface area contributed by atoms with Gasteiger partial charge in [0, 0.05) is 5.69 Å². The highest BCUT2D eigenvalue weighted by molar-refractivity contribution is 7.27. The van der Waals surface area contributed by atoms with E-state index in [-0.39, 0.29) is 16.7 Å². The molecule has 1 amide bonds. The number of amides is 1. The minimum atomic E-state index is -4.58. The highest BCUT2D eigenvalue weighted by Crippen LogP contribution is 2.30. The third-order valence-electron chi connectivity index (χ3n) is 3.44. The number of benzene rings is 2. The second-order valence-electron chi connectivity index (χ2n) is 5.77. The highest BCUT2D eigenvalue weighted by atomic mass is 31.0. The average Bonchev–Trinajstić information content (AvgIpc) is 2.55. The molecule has 140 valence electrons. The molecule has 0 saturated carbocycles. The normalized spacial score (nSPS) is 13.8. The minimum Gasteiger partial charge on any atom is -0.490 e. The molecule has 2 N–H and O–H groups in total. The van der Waals surface area contributed by atoms with Crippen LogP contribution in [0.5, 0.6) is 5.75 Å². The lowest BCUT2D eigenvalue weighted by Crippen LogP contribution is -2.45. The van der Waals surface area contributed by atoms with Crippen LogP contribution in [0.4, 0.5) is 23.2 Å². The summed E-state index contributed by atoms with van der Waals surface area (Å²) in [5.74, 6) is -1.18. The van der Waals surface area contributed by atoms with Gasteiger partial charge in [-0.05, 0) is 48.6 Å². The maximum atomic E-state index is 12.9. The van der Waals surface area contributed by atoms with Crippen molar-refractivity contribution in [2.75, 3.05) is 11.9 Å². The fraction of sp³-hybridized carbons (Fsp3) is 0.235. The maximum absolute atomic E-state index is 12.9. The molecule has 0 aliphatic heterocycles. The third-order valence-corrected chi connectivity index (χ3v) is 3.94. The van der Waals surface area contributed by atoms with E-state index in [0.717, 1.165) is 25.1 Å². The second kappa shape index (κ2) is 7.60. The Hall–Kier alpha value is -2.18. The van der Waals surface area contributed by atoms with E-state index < -0.39 is 35.7 Å². The van der Waals surface area contributed by atoms with Crippen LogP contribution in [0.3, 0.4) is 0 Å². The van der Waals surface area contributed by atoms with Crippen molar-refractivity contribution >= 4 is 26.1 Å². The van der Waals surface area contributed by atoms with Crippen molar-refractivity contribution in [1.29, 1.82) is 0 Å². The SMILES string of the molecule is C[C@](O)(COc1ccc(F)cc1)C(=O)Nc1ccc(P)c(C(F)(F)F)c1. The number of aliphatic hydroxyl groups is 1. The molecule has 0 fully saturated rings. The molecule has 0 radical (unpaired) electrons. The molecule has 0 aliphatic carbocycles. The van der Waals surface area contributed by atoms with E-state index in [4.69, 9.17) is 4.74 Å². The fourth-order valence-corrected chi connectivity index (χ4v) is 2.31. The van der Waals surface area contributed by atoms with Gasteiger partial charge in [-0.3, -0.25) is 4.79 Å². The number of hydrogen-bond donors (Lipinski definition) is 2. The van der Waals surface area contributed by atoms with Gasteiger partial charge >= 0.3 is 6.18 Å².